The molecule has 4 heteroatoms. The Labute approximate surface area is 74.5 Å². The van der Waals surface area contributed by atoms with Crippen LogP contribution >= 0.6 is 24.8 Å². The zero-order valence-electron chi connectivity index (χ0n) is 5.95. The molecular formula is C6H16Cl2N2. The van der Waals surface area contributed by atoms with Crippen LogP contribution in [-0.4, -0.2) is 12.1 Å². The van der Waals surface area contributed by atoms with Gasteiger partial charge in [-0.3, -0.25) is 0 Å². The lowest BCUT2D eigenvalue weighted by Gasteiger charge is -2.24. The van der Waals surface area contributed by atoms with Crippen molar-refractivity contribution >= 4 is 24.8 Å². The summed E-state index contributed by atoms with van der Waals surface area (Å²) in [5.74, 6) is 0. The molecule has 4 N–H and O–H groups in total. The van der Waals surface area contributed by atoms with Gasteiger partial charge in [0.05, 0.1) is 0 Å². The topological polar surface area (TPSA) is 52.0 Å². The second-order valence-corrected chi connectivity index (χ2v) is 2.61. The molecule has 0 amide bonds. The van der Waals surface area contributed by atoms with E-state index in [4.69, 9.17) is 11.5 Å². The molecule has 0 aromatic rings. The molecular weight excluding hydrogens is 171 g/mol. The van der Waals surface area contributed by atoms with Crippen molar-refractivity contribution < 1.29 is 0 Å². The number of hydrogen-bond acceptors (Lipinski definition) is 2. The van der Waals surface area contributed by atoms with E-state index in [1.165, 1.54) is 12.8 Å². The monoisotopic (exact) mass is 186 g/mol. The molecule has 1 aliphatic carbocycles. The first-order valence-corrected chi connectivity index (χ1v) is 3.32. The van der Waals surface area contributed by atoms with Crippen molar-refractivity contribution in [3.8, 4) is 0 Å². The predicted octanol–water partition coefficient (Wildman–Crippen LogP) is 1.06. The molecule has 0 unspecified atom stereocenters. The van der Waals surface area contributed by atoms with E-state index in [1.807, 2.05) is 0 Å². The highest BCUT2D eigenvalue weighted by Crippen LogP contribution is 2.14. The van der Waals surface area contributed by atoms with Gasteiger partial charge in [-0.25, -0.2) is 0 Å². The number of nitrogens with two attached hydrogens (primary N) is 2. The largest absolute Gasteiger partial charge is 0.326 e. The Morgan fingerprint density at radius 2 is 1.10 bits per heavy atom. The third-order valence-electron chi connectivity index (χ3n) is 1.87. The number of halogens is 2. The second-order valence-electron chi connectivity index (χ2n) is 2.61. The first-order chi connectivity index (χ1) is 3.80. The molecule has 0 aromatic carbocycles. The first-order valence-electron chi connectivity index (χ1n) is 3.32. The lowest BCUT2D eigenvalue weighted by Crippen LogP contribution is -2.43. The molecule has 64 valence electrons. The van der Waals surface area contributed by atoms with Gasteiger partial charge < -0.3 is 11.5 Å². The fourth-order valence-electron chi connectivity index (χ4n) is 1.19. The zero-order valence-corrected chi connectivity index (χ0v) is 7.59. The third-order valence-corrected chi connectivity index (χ3v) is 1.87. The Morgan fingerprint density at radius 1 is 0.800 bits per heavy atom. The number of hydrogen-bond donors (Lipinski definition) is 2. The molecule has 0 spiro atoms. The van der Waals surface area contributed by atoms with E-state index in [1.54, 1.807) is 0 Å². The zero-order chi connectivity index (χ0) is 5.98. The minimum Gasteiger partial charge on any atom is -0.326 e. The van der Waals surface area contributed by atoms with Gasteiger partial charge in [0.25, 0.3) is 0 Å². The van der Waals surface area contributed by atoms with Gasteiger partial charge in [0.15, 0.2) is 0 Å². The fourth-order valence-corrected chi connectivity index (χ4v) is 1.19. The maximum absolute atomic E-state index is 5.65. The van der Waals surface area contributed by atoms with Crippen molar-refractivity contribution in [2.45, 2.75) is 37.8 Å². The highest BCUT2D eigenvalue weighted by Gasteiger charge is 2.16. The molecule has 1 rings (SSSR count). The normalized spacial score (nSPS) is 31.8. The van der Waals surface area contributed by atoms with Crippen LogP contribution in [0.5, 0.6) is 0 Å². The van der Waals surface area contributed by atoms with Crippen molar-refractivity contribution in [3.63, 3.8) is 0 Å². The molecule has 0 heterocycles. The maximum atomic E-state index is 5.65. The quantitative estimate of drug-likeness (QED) is 0.595. The third kappa shape index (κ3) is 3.62. The van der Waals surface area contributed by atoms with Gasteiger partial charge in [-0.05, 0) is 12.8 Å². The van der Waals surface area contributed by atoms with E-state index in [0.29, 0.717) is 0 Å². The lowest BCUT2D eigenvalue weighted by atomic mass is 9.92. The van der Waals surface area contributed by atoms with Gasteiger partial charge >= 0.3 is 0 Å². The van der Waals surface area contributed by atoms with E-state index in [2.05, 4.69) is 0 Å². The molecule has 1 aliphatic rings. The van der Waals surface area contributed by atoms with Crippen LogP contribution in [-0.2, 0) is 0 Å². The maximum Gasteiger partial charge on any atom is 0.0192 e. The molecule has 0 radical (unpaired) electrons. The van der Waals surface area contributed by atoms with Crippen molar-refractivity contribution in [2.24, 2.45) is 11.5 Å². The van der Waals surface area contributed by atoms with Crippen molar-refractivity contribution in [2.75, 3.05) is 0 Å². The smallest absolute Gasteiger partial charge is 0.0192 e. The summed E-state index contributed by atoms with van der Waals surface area (Å²) in [7, 11) is 0. The fraction of sp³-hybridized carbons (Fsp3) is 1.00. The summed E-state index contributed by atoms with van der Waals surface area (Å²) in [5.41, 5.74) is 11.3. The van der Waals surface area contributed by atoms with Crippen LogP contribution < -0.4 is 11.5 Å². The molecule has 0 bridgehead atoms. The van der Waals surface area contributed by atoms with E-state index in [-0.39, 0.29) is 36.9 Å². The van der Waals surface area contributed by atoms with Crippen LogP contribution in [0.25, 0.3) is 0 Å². The molecule has 2 nitrogen and oxygen atoms in total. The molecule has 2 atom stereocenters. The Balaban J connectivity index is 0. The van der Waals surface area contributed by atoms with Crippen molar-refractivity contribution in [3.05, 3.63) is 0 Å². The van der Waals surface area contributed by atoms with Gasteiger partial charge in [-0.1, -0.05) is 12.8 Å². The summed E-state index contributed by atoms with van der Waals surface area (Å²) < 4.78 is 0. The number of rotatable bonds is 0. The van der Waals surface area contributed by atoms with Gasteiger partial charge in [0, 0.05) is 12.1 Å². The summed E-state index contributed by atoms with van der Waals surface area (Å²) >= 11 is 0. The van der Waals surface area contributed by atoms with Crippen LogP contribution in [0.1, 0.15) is 25.7 Å². The summed E-state index contributed by atoms with van der Waals surface area (Å²) in [6.07, 6.45) is 4.80. The van der Waals surface area contributed by atoms with Crippen LogP contribution in [0.2, 0.25) is 0 Å². The average Bonchev–Trinajstić information content (AvgIpc) is 1.77. The van der Waals surface area contributed by atoms with Gasteiger partial charge in [0.1, 0.15) is 0 Å². The predicted molar refractivity (Wildman–Crippen MR) is 48.9 cm³/mol. The average molecular weight is 187 g/mol. The summed E-state index contributed by atoms with van der Waals surface area (Å²) in [6, 6.07) is 0.562. The molecule has 1 fully saturated rings. The Morgan fingerprint density at radius 3 is 1.30 bits per heavy atom. The first kappa shape index (κ1) is 13.1. The van der Waals surface area contributed by atoms with Crippen LogP contribution in [0, 0.1) is 0 Å². The molecule has 0 aliphatic heterocycles. The van der Waals surface area contributed by atoms with Crippen LogP contribution in [0.3, 0.4) is 0 Å². The van der Waals surface area contributed by atoms with Crippen molar-refractivity contribution in [1.82, 2.24) is 0 Å². The highest BCUT2D eigenvalue weighted by molar-refractivity contribution is 5.85. The summed E-state index contributed by atoms with van der Waals surface area (Å²) in [6.45, 7) is 0. The van der Waals surface area contributed by atoms with E-state index >= 15 is 0 Å². The minimum absolute atomic E-state index is 0. The summed E-state index contributed by atoms with van der Waals surface area (Å²) in [4.78, 5) is 0. The Kier molecular flexibility index (Phi) is 8.17. The molecule has 10 heavy (non-hydrogen) atoms. The Bertz CT molecular complexity index is 70.1. The van der Waals surface area contributed by atoms with Crippen molar-refractivity contribution in [1.29, 1.82) is 0 Å². The Hall–Kier alpha value is 0.500. The van der Waals surface area contributed by atoms with E-state index < -0.39 is 0 Å². The van der Waals surface area contributed by atoms with Gasteiger partial charge in [-0.2, -0.15) is 0 Å². The van der Waals surface area contributed by atoms with E-state index in [9.17, 15) is 0 Å². The van der Waals surface area contributed by atoms with Gasteiger partial charge in [0.2, 0.25) is 0 Å². The minimum atomic E-state index is 0. The van der Waals surface area contributed by atoms with Gasteiger partial charge in [-0.15, -0.1) is 24.8 Å². The van der Waals surface area contributed by atoms with Crippen LogP contribution in [0.15, 0.2) is 0 Å². The SMILES string of the molecule is Cl.Cl.N[C@@H]1CCCC[C@H]1N. The molecule has 0 saturated heterocycles. The van der Waals surface area contributed by atoms with Crippen LogP contribution in [0.4, 0.5) is 0 Å². The van der Waals surface area contributed by atoms with E-state index in [0.717, 1.165) is 12.8 Å². The standard InChI is InChI=1S/C6H14N2.2ClH/c7-5-3-1-2-4-6(5)8;;/h5-6H,1-4,7-8H2;2*1H/t5-,6-;;/m1../s1. The lowest BCUT2D eigenvalue weighted by molar-refractivity contribution is 0.385. The molecule has 1 saturated carbocycles. The second kappa shape index (κ2) is 6.23. The molecule has 0 aromatic heterocycles. The summed E-state index contributed by atoms with van der Waals surface area (Å²) in [5, 5.41) is 0. The highest BCUT2D eigenvalue weighted by atomic mass is 35.5.